The third-order valence-corrected chi connectivity index (χ3v) is 4.01. The zero-order valence-corrected chi connectivity index (χ0v) is 11.9. The van der Waals surface area contributed by atoms with E-state index in [2.05, 4.69) is 11.8 Å². The minimum atomic E-state index is -0.232. The lowest BCUT2D eigenvalue weighted by Crippen LogP contribution is -2.44. The van der Waals surface area contributed by atoms with Crippen molar-refractivity contribution in [2.24, 2.45) is 11.7 Å². The first kappa shape index (κ1) is 14.3. The van der Waals surface area contributed by atoms with Crippen molar-refractivity contribution in [3.63, 3.8) is 0 Å². The molecule has 3 nitrogen and oxygen atoms in total. The molecule has 1 heterocycles. The number of ether oxygens (including phenoxy) is 1. The Balaban J connectivity index is 2.26. The summed E-state index contributed by atoms with van der Waals surface area (Å²) in [5, 5.41) is 0. The highest BCUT2D eigenvalue weighted by molar-refractivity contribution is 5.55. The van der Waals surface area contributed by atoms with Crippen molar-refractivity contribution in [1.82, 2.24) is 0 Å². The van der Waals surface area contributed by atoms with Gasteiger partial charge in [-0.2, -0.15) is 0 Å². The first-order chi connectivity index (χ1) is 9.02. The molecule has 1 aromatic rings. The zero-order valence-electron chi connectivity index (χ0n) is 11.9. The molecule has 0 aromatic heterocycles. The third-order valence-electron chi connectivity index (χ3n) is 4.01. The van der Waals surface area contributed by atoms with E-state index < -0.39 is 0 Å². The predicted molar refractivity (Wildman–Crippen MR) is 75.8 cm³/mol. The van der Waals surface area contributed by atoms with Gasteiger partial charge in [0.2, 0.25) is 0 Å². The van der Waals surface area contributed by atoms with Crippen LogP contribution in [-0.2, 0) is 4.74 Å². The molecule has 0 bridgehead atoms. The minimum absolute atomic E-state index is 0.175. The van der Waals surface area contributed by atoms with Gasteiger partial charge in [-0.3, -0.25) is 0 Å². The van der Waals surface area contributed by atoms with E-state index in [0.717, 1.165) is 30.8 Å². The summed E-state index contributed by atoms with van der Waals surface area (Å²) in [7, 11) is 1.75. The van der Waals surface area contributed by atoms with Crippen molar-refractivity contribution in [3.8, 4) is 0 Å². The molecule has 0 amide bonds. The molecule has 0 spiro atoms. The molecule has 2 rings (SSSR count). The fraction of sp³-hybridized carbons (Fsp3) is 0.600. The highest BCUT2D eigenvalue weighted by Gasteiger charge is 2.27. The van der Waals surface area contributed by atoms with E-state index in [1.54, 1.807) is 13.2 Å². The second kappa shape index (κ2) is 5.88. The van der Waals surface area contributed by atoms with Gasteiger partial charge in [0.1, 0.15) is 5.82 Å². The van der Waals surface area contributed by atoms with Gasteiger partial charge in [0.05, 0.1) is 6.10 Å². The van der Waals surface area contributed by atoms with Crippen LogP contribution in [0.25, 0.3) is 0 Å². The topological polar surface area (TPSA) is 38.5 Å². The quantitative estimate of drug-likeness (QED) is 0.914. The summed E-state index contributed by atoms with van der Waals surface area (Å²) >= 11 is 0. The number of anilines is 1. The van der Waals surface area contributed by atoms with E-state index in [-0.39, 0.29) is 18.0 Å². The molecule has 0 saturated carbocycles. The maximum absolute atomic E-state index is 13.4. The molecule has 1 saturated heterocycles. The van der Waals surface area contributed by atoms with Gasteiger partial charge in [0, 0.05) is 31.9 Å². The van der Waals surface area contributed by atoms with E-state index >= 15 is 0 Å². The van der Waals surface area contributed by atoms with Crippen LogP contribution in [0.2, 0.25) is 0 Å². The number of rotatable bonds is 3. The fourth-order valence-electron chi connectivity index (χ4n) is 2.74. The van der Waals surface area contributed by atoms with Crippen LogP contribution >= 0.6 is 0 Å². The van der Waals surface area contributed by atoms with Gasteiger partial charge in [0.15, 0.2) is 0 Å². The van der Waals surface area contributed by atoms with Gasteiger partial charge in [-0.25, -0.2) is 4.39 Å². The van der Waals surface area contributed by atoms with Gasteiger partial charge in [0.25, 0.3) is 0 Å². The lowest BCUT2D eigenvalue weighted by Gasteiger charge is -2.38. The molecule has 3 unspecified atom stereocenters. The molecule has 0 aliphatic carbocycles. The van der Waals surface area contributed by atoms with Crippen LogP contribution in [0.1, 0.15) is 31.9 Å². The number of piperidine rings is 1. The fourth-order valence-corrected chi connectivity index (χ4v) is 2.74. The summed E-state index contributed by atoms with van der Waals surface area (Å²) in [6.45, 7) is 5.90. The second-order valence-corrected chi connectivity index (χ2v) is 5.48. The lowest BCUT2D eigenvalue weighted by molar-refractivity contribution is 0.0498. The molecule has 1 aliphatic heterocycles. The van der Waals surface area contributed by atoms with Gasteiger partial charge < -0.3 is 15.4 Å². The number of methoxy groups -OCH3 is 1. The lowest BCUT2D eigenvalue weighted by atomic mass is 9.94. The van der Waals surface area contributed by atoms with Crippen molar-refractivity contribution in [2.45, 2.75) is 32.4 Å². The molecule has 4 heteroatoms. The van der Waals surface area contributed by atoms with Gasteiger partial charge in [-0.05, 0) is 43.0 Å². The Labute approximate surface area is 114 Å². The van der Waals surface area contributed by atoms with Crippen LogP contribution in [0.5, 0.6) is 0 Å². The standard InChI is InChI=1S/C15H23FN2O/c1-10-6-7-18(9-15(10)19-3)14-5-4-12(16)8-13(14)11(2)17/h4-5,8,10-11,15H,6-7,9,17H2,1-3H3. The van der Waals surface area contributed by atoms with E-state index in [4.69, 9.17) is 10.5 Å². The normalized spacial score (nSPS) is 25.4. The van der Waals surface area contributed by atoms with Crippen LogP contribution in [-0.4, -0.2) is 26.3 Å². The number of halogens is 1. The van der Waals surface area contributed by atoms with E-state index in [0.29, 0.717) is 5.92 Å². The predicted octanol–water partition coefficient (Wildman–Crippen LogP) is 2.71. The van der Waals surface area contributed by atoms with Crippen LogP contribution < -0.4 is 10.6 Å². The highest BCUT2D eigenvalue weighted by atomic mass is 19.1. The summed E-state index contributed by atoms with van der Waals surface area (Å²) in [6.07, 6.45) is 1.30. The molecule has 2 N–H and O–H groups in total. The van der Waals surface area contributed by atoms with E-state index in [9.17, 15) is 4.39 Å². The minimum Gasteiger partial charge on any atom is -0.379 e. The van der Waals surface area contributed by atoms with Crippen molar-refractivity contribution >= 4 is 5.69 Å². The van der Waals surface area contributed by atoms with Crippen molar-refractivity contribution in [1.29, 1.82) is 0 Å². The van der Waals surface area contributed by atoms with Gasteiger partial charge in [-0.1, -0.05) is 6.92 Å². The largest absolute Gasteiger partial charge is 0.379 e. The number of nitrogens with zero attached hydrogens (tertiary/aromatic N) is 1. The molecular weight excluding hydrogens is 243 g/mol. The number of hydrogen-bond acceptors (Lipinski definition) is 3. The third kappa shape index (κ3) is 3.07. The molecule has 1 fully saturated rings. The number of hydrogen-bond donors (Lipinski definition) is 1. The van der Waals surface area contributed by atoms with Crippen molar-refractivity contribution in [3.05, 3.63) is 29.6 Å². The molecule has 19 heavy (non-hydrogen) atoms. The van der Waals surface area contributed by atoms with Crippen molar-refractivity contribution in [2.75, 3.05) is 25.1 Å². The van der Waals surface area contributed by atoms with Gasteiger partial charge in [-0.15, -0.1) is 0 Å². The van der Waals surface area contributed by atoms with Crippen LogP contribution in [0, 0.1) is 11.7 Å². The summed E-state index contributed by atoms with van der Waals surface area (Å²) in [4.78, 5) is 2.26. The Hall–Kier alpha value is -1.13. The SMILES string of the molecule is COC1CN(c2ccc(F)cc2C(C)N)CCC1C. The maximum atomic E-state index is 13.4. The van der Waals surface area contributed by atoms with Gasteiger partial charge >= 0.3 is 0 Å². The first-order valence-corrected chi connectivity index (χ1v) is 6.85. The first-order valence-electron chi connectivity index (χ1n) is 6.85. The van der Waals surface area contributed by atoms with Crippen LogP contribution in [0.3, 0.4) is 0 Å². The average molecular weight is 266 g/mol. The summed E-state index contributed by atoms with van der Waals surface area (Å²) < 4.78 is 18.9. The highest BCUT2D eigenvalue weighted by Crippen LogP contribution is 2.30. The Bertz CT molecular complexity index is 436. The summed E-state index contributed by atoms with van der Waals surface area (Å²) in [5.74, 6) is 0.324. The van der Waals surface area contributed by atoms with Crippen LogP contribution in [0.15, 0.2) is 18.2 Å². The second-order valence-electron chi connectivity index (χ2n) is 5.48. The van der Waals surface area contributed by atoms with Crippen molar-refractivity contribution < 1.29 is 9.13 Å². The Kier molecular flexibility index (Phi) is 4.42. The van der Waals surface area contributed by atoms with E-state index in [1.165, 1.54) is 6.07 Å². The number of nitrogens with two attached hydrogens (primary N) is 1. The molecular formula is C15H23FN2O. The molecule has 0 radical (unpaired) electrons. The molecule has 1 aliphatic rings. The molecule has 1 aromatic carbocycles. The monoisotopic (exact) mass is 266 g/mol. The molecule has 3 atom stereocenters. The Morgan fingerprint density at radius 2 is 2.21 bits per heavy atom. The summed E-state index contributed by atoms with van der Waals surface area (Å²) in [6, 6.07) is 4.70. The average Bonchev–Trinajstić information content (AvgIpc) is 2.39. The Morgan fingerprint density at radius 3 is 2.84 bits per heavy atom. The molecule has 106 valence electrons. The smallest absolute Gasteiger partial charge is 0.123 e. The number of benzene rings is 1. The maximum Gasteiger partial charge on any atom is 0.123 e. The Morgan fingerprint density at radius 1 is 1.47 bits per heavy atom. The van der Waals surface area contributed by atoms with E-state index in [1.807, 2.05) is 13.0 Å². The summed E-state index contributed by atoms with van der Waals surface area (Å²) in [5.41, 5.74) is 7.86. The van der Waals surface area contributed by atoms with Crippen LogP contribution in [0.4, 0.5) is 10.1 Å². The zero-order chi connectivity index (χ0) is 14.0.